The van der Waals surface area contributed by atoms with Crippen molar-refractivity contribution in [2.75, 3.05) is 13.1 Å². The van der Waals surface area contributed by atoms with Gasteiger partial charge in [-0.15, -0.1) is 0 Å². The van der Waals surface area contributed by atoms with Gasteiger partial charge in [0.2, 0.25) is 17.7 Å². The van der Waals surface area contributed by atoms with Crippen molar-refractivity contribution in [2.24, 2.45) is 27.9 Å². The molecule has 0 fully saturated rings. The average molecular weight is 345 g/mol. The molecule has 0 aliphatic heterocycles. The van der Waals surface area contributed by atoms with E-state index in [2.05, 4.69) is 10.3 Å². The van der Waals surface area contributed by atoms with Crippen LogP contribution in [0.3, 0.4) is 0 Å². The molecule has 0 radical (unpaired) electrons. The van der Waals surface area contributed by atoms with Crippen molar-refractivity contribution in [3.8, 4) is 0 Å². The summed E-state index contributed by atoms with van der Waals surface area (Å²) < 4.78 is 0. The molecule has 0 saturated heterocycles. The van der Waals surface area contributed by atoms with Gasteiger partial charge in [-0.3, -0.25) is 24.2 Å². The van der Waals surface area contributed by atoms with E-state index in [1.807, 2.05) is 5.32 Å². The average Bonchev–Trinajstić information content (AvgIpc) is 2.47. The van der Waals surface area contributed by atoms with Crippen LogP contribution < -0.4 is 33.6 Å². The number of nitrogens with one attached hydrogen (secondary N) is 2. The minimum Gasteiger partial charge on any atom is -0.480 e. The van der Waals surface area contributed by atoms with Crippen molar-refractivity contribution < 1.29 is 24.3 Å². The van der Waals surface area contributed by atoms with E-state index in [9.17, 15) is 19.2 Å². The third-order valence-corrected chi connectivity index (χ3v) is 2.76. The molecule has 0 aliphatic carbocycles. The lowest BCUT2D eigenvalue weighted by Crippen LogP contribution is -2.53. The number of aliphatic carboxylic acids is 1. The van der Waals surface area contributed by atoms with Crippen molar-refractivity contribution in [1.29, 1.82) is 0 Å². The van der Waals surface area contributed by atoms with E-state index >= 15 is 0 Å². The Morgan fingerprint density at radius 2 is 1.71 bits per heavy atom. The molecule has 136 valence electrons. The first-order valence-corrected chi connectivity index (χ1v) is 7.02. The van der Waals surface area contributed by atoms with Gasteiger partial charge in [0, 0.05) is 6.54 Å². The van der Waals surface area contributed by atoms with Gasteiger partial charge in [0.1, 0.15) is 12.6 Å². The van der Waals surface area contributed by atoms with Crippen molar-refractivity contribution >= 4 is 29.7 Å². The molecule has 0 aliphatic rings. The number of guanidine groups is 1. The number of hydrogen-bond donors (Lipinski definition) is 7. The molecule has 0 aromatic heterocycles. The second-order valence-electron chi connectivity index (χ2n) is 4.90. The Morgan fingerprint density at radius 1 is 1.08 bits per heavy atom. The number of rotatable bonds is 11. The molecular formula is C12H23N7O5. The Morgan fingerprint density at radius 3 is 2.21 bits per heavy atom. The summed E-state index contributed by atoms with van der Waals surface area (Å²) in [5.41, 5.74) is 21.0. The molecule has 0 unspecified atom stereocenters. The first-order valence-electron chi connectivity index (χ1n) is 7.02. The van der Waals surface area contributed by atoms with Gasteiger partial charge in [0.25, 0.3) is 0 Å². The molecule has 0 aromatic rings. The molecule has 24 heavy (non-hydrogen) atoms. The Bertz CT molecular complexity index is 504. The zero-order valence-electron chi connectivity index (χ0n) is 13.0. The highest BCUT2D eigenvalue weighted by Gasteiger charge is 2.25. The monoisotopic (exact) mass is 345 g/mol. The van der Waals surface area contributed by atoms with E-state index in [1.165, 1.54) is 0 Å². The number of nitrogens with zero attached hydrogens (tertiary/aromatic N) is 1. The molecule has 11 N–H and O–H groups in total. The van der Waals surface area contributed by atoms with Crippen LogP contribution in [0, 0.1) is 0 Å². The zero-order valence-corrected chi connectivity index (χ0v) is 13.0. The lowest BCUT2D eigenvalue weighted by Gasteiger charge is -2.19. The van der Waals surface area contributed by atoms with E-state index in [4.69, 9.17) is 28.0 Å². The lowest BCUT2D eigenvalue weighted by atomic mass is 10.1. The molecule has 3 amide bonds. The topological polar surface area (TPSA) is 229 Å². The number of carboxylic acids is 1. The van der Waals surface area contributed by atoms with Gasteiger partial charge in [0.05, 0.1) is 12.5 Å². The van der Waals surface area contributed by atoms with Crippen LogP contribution in [-0.2, 0) is 19.2 Å². The van der Waals surface area contributed by atoms with Crippen molar-refractivity contribution in [3.63, 3.8) is 0 Å². The normalized spacial score (nSPS) is 12.5. The number of hydrogen-bond acceptors (Lipinski definition) is 6. The third-order valence-electron chi connectivity index (χ3n) is 2.76. The zero-order chi connectivity index (χ0) is 18.7. The number of nitrogens with two attached hydrogens (primary N) is 4. The predicted octanol–water partition coefficient (Wildman–Crippen LogP) is -4.07. The minimum absolute atomic E-state index is 0.0790. The molecule has 0 aromatic carbocycles. The Labute approximate surface area is 138 Å². The van der Waals surface area contributed by atoms with Crippen molar-refractivity contribution in [2.45, 2.75) is 31.3 Å². The SMILES string of the molecule is NC(=O)C[C@H](NC(=O)[C@@H](N)CCCN=C(N)N)C(=O)NCC(=O)O. The fourth-order valence-electron chi connectivity index (χ4n) is 1.63. The van der Waals surface area contributed by atoms with Gasteiger partial charge in [0.15, 0.2) is 5.96 Å². The first-order chi connectivity index (χ1) is 11.1. The van der Waals surface area contributed by atoms with Crippen molar-refractivity contribution in [3.05, 3.63) is 0 Å². The fourth-order valence-corrected chi connectivity index (χ4v) is 1.63. The van der Waals surface area contributed by atoms with Gasteiger partial charge in [-0.1, -0.05) is 0 Å². The standard InChI is InChI=1S/C12H23N7O5/c13-6(2-1-3-17-12(15)16)10(23)19-7(4-8(14)20)11(24)18-5-9(21)22/h6-7H,1-5,13H2,(H2,14,20)(H,18,24)(H,19,23)(H,21,22)(H4,15,16,17)/t6-,7-/m0/s1. The maximum absolute atomic E-state index is 11.9. The molecule has 0 bridgehead atoms. The van der Waals surface area contributed by atoms with Gasteiger partial charge < -0.3 is 38.7 Å². The Balaban J connectivity index is 4.56. The number of primary amides is 1. The second kappa shape index (κ2) is 10.8. The van der Waals surface area contributed by atoms with Gasteiger partial charge in [-0.2, -0.15) is 0 Å². The number of carbonyl (C=O) groups is 4. The van der Waals surface area contributed by atoms with Crippen LogP contribution in [0.2, 0.25) is 0 Å². The Kier molecular flexibility index (Phi) is 9.48. The van der Waals surface area contributed by atoms with Crippen LogP contribution in [0.5, 0.6) is 0 Å². The largest absolute Gasteiger partial charge is 0.480 e. The highest BCUT2D eigenvalue weighted by molar-refractivity contribution is 5.93. The van der Waals surface area contributed by atoms with Gasteiger partial charge in [-0.25, -0.2) is 0 Å². The molecule has 0 heterocycles. The summed E-state index contributed by atoms with van der Waals surface area (Å²) in [4.78, 5) is 48.9. The molecule has 2 atom stereocenters. The van der Waals surface area contributed by atoms with Crippen LogP contribution >= 0.6 is 0 Å². The number of carbonyl (C=O) groups excluding carboxylic acids is 3. The molecular weight excluding hydrogens is 322 g/mol. The smallest absolute Gasteiger partial charge is 0.322 e. The van der Waals surface area contributed by atoms with E-state index in [0.29, 0.717) is 6.42 Å². The van der Waals surface area contributed by atoms with E-state index < -0.39 is 48.7 Å². The second-order valence-corrected chi connectivity index (χ2v) is 4.90. The molecule has 0 spiro atoms. The highest BCUT2D eigenvalue weighted by Crippen LogP contribution is 1.99. The lowest BCUT2D eigenvalue weighted by molar-refractivity contribution is -0.138. The van der Waals surface area contributed by atoms with E-state index in [-0.39, 0.29) is 18.9 Å². The molecule has 12 nitrogen and oxygen atoms in total. The van der Waals surface area contributed by atoms with E-state index in [1.54, 1.807) is 0 Å². The fraction of sp³-hybridized carbons (Fsp3) is 0.583. The van der Waals surface area contributed by atoms with Crippen LogP contribution in [0.1, 0.15) is 19.3 Å². The number of carboxylic acid groups (broad SMARTS) is 1. The summed E-state index contributed by atoms with van der Waals surface area (Å²) in [6, 6.07) is -2.26. The van der Waals surface area contributed by atoms with E-state index in [0.717, 1.165) is 0 Å². The van der Waals surface area contributed by atoms with Gasteiger partial charge in [-0.05, 0) is 12.8 Å². The molecule has 0 saturated carbocycles. The Hall–Kier alpha value is -2.89. The predicted molar refractivity (Wildman–Crippen MR) is 84.3 cm³/mol. The highest BCUT2D eigenvalue weighted by atomic mass is 16.4. The number of aliphatic imine (C=N–C) groups is 1. The quantitative estimate of drug-likeness (QED) is 0.110. The van der Waals surface area contributed by atoms with Crippen LogP contribution in [0.15, 0.2) is 4.99 Å². The molecule has 12 heteroatoms. The third kappa shape index (κ3) is 9.94. The number of amides is 3. The summed E-state index contributed by atoms with van der Waals surface area (Å²) in [5, 5.41) is 12.8. The summed E-state index contributed by atoms with van der Waals surface area (Å²) in [7, 11) is 0. The maximum atomic E-state index is 11.9. The summed E-state index contributed by atoms with van der Waals surface area (Å²) in [5.74, 6) is -3.73. The van der Waals surface area contributed by atoms with Crippen molar-refractivity contribution in [1.82, 2.24) is 10.6 Å². The van der Waals surface area contributed by atoms with Crippen LogP contribution in [0.25, 0.3) is 0 Å². The van der Waals surface area contributed by atoms with Gasteiger partial charge >= 0.3 is 5.97 Å². The minimum atomic E-state index is -1.31. The summed E-state index contributed by atoms with van der Waals surface area (Å²) in [6.07, 6.45) is 0.179. The van der Waals surface area contributed by atoms with Crippen LogP contribution in [0.4, 0.5) is 0 Å². The summed E-state index contributed by atoms with van der Waals surface area (Å²) >= 11 is 0. The maximum Gasteiger partial charge on any atom is 0.322 e. The molecule has 0 rings (SSSR count). The van der Waals surface area contributed by atoms with Crippen LogP contribution in [-0.4, -0.2) is 59.9 Å². The summed E-state index contributed by atoms with van der Waals surface area (Å²) in [6.45, 7) is -0.373. The first kappa shape index (κ1) is 21.1.